The Bertz CT molecular complexity index is 616. The molecule has 2 amide bonds. The van der Waals surface area contributed by atoms with E-state index in [9.17, 15) is 9.59 Å². The van der Waals surface area contributed by atoms with Crippen LogP contribution in [0.15, 0.2) is 30.5 Å². The average molecular weight is 259 g/mol. The number of hydrogen-bond donors (Lipinski definition) is 2. The van der Waals surface area contributed by atoms with Crippen LogP contribution in [0.3, 0.4) is 0 Å². The molecule has 0 saturated carbocycles. The Kier molecular flexibility index (Phi) is 3.85. The summed E-state index contributed by atoms with van der Waals surface area (Å²) in [6.07, 6.45) is 1.96. The van der Waals surface area contributed by atoms with Crippen molar-refractivity contribution in [2.75, 3.05) is 13.1 Å². The molecule has 1 heterocycles. The molecular weight excluding hydrogens is 242 g/mol. The number of rotatable bonds is 4. The molecule has 0 spiro atoms. The van der Waals surface area contributed by atoms with E-state index in [4.69, 9.17) is 0 Å². The van der Waals surface area contributed by atoms with Gasteiger partial charge in [-0.1, -0.05) is 0 Å². The maximum absolute atomic E-state index is 11.9. The molecule has 5 heteroatoms. The van der Waals surface area contributed by atoms with Crippen molar-refractivity contribution in [3.63, 3.8) is 0 Å². The number of benzene rings is 1. The number of nitrogens with one attached hydrogen (secondary N) is 2. The van der Waals surface area contributed by atoms with Crippen molar-refractivity contribution in [1.82, 2.24) is 15.2 Å². The first-order valence-electron chi connectivity index (χ1n) is 6.15. The highest BCUT2D eigenvalue weighted by atomic mass is 16.2. The van der Waals surface area contributed by atoms with Crippen molar-refractivity contribution in [3.05, 3.63) is 36.0 Å². The zero-order chi connectivity index (χ0) is 13.8. The second-order valence-corrected chi connectivity index (χ2v) is 4.44. The predicted octanol–water partition coefficient (Wildman–Crippen LogP) is 1.04. The van der Waals surface area contributed by atoms with Crippen molar-refractivity contribution in [1.29, 1.82) is 0 Å². The van der Waals surface area contributed by atoms with Crippen LogP contribution in [0.1, 0.15) is 17.3 Å². The van der Waals surface area contributed by atoms with Crippen molar-refractivity contribution in [2.45, 2.75) is 6.92 Å². The molecule has 100 valence electrons. The molecule has 0 fully saturated rings. The smallest absolute Gasteiger partial charge is 0.251 e. The van der Waals surface area contributed by atoms with E-state index in [1.54, 1.807) is 6.07 Å². The molecule has 2 aromatic rings. The minimum Gasteiger partial charge on any atom is -0.355 e. The van der Waals surface area contributed by atoms with Gasteiger partial charge in [0.25, 0.3) is 5.91 Å². The van der Waals surface area contributed by atoms with Gasteiger partial charge >= 0.3 is 0 Å². The third kappa shape index (κ3) is 3.13. The summed E-state index contributed by atoms with van der Waals surface area (Å²) in [5, 5.41) is 6.43. The zero-order valence-corrected chi connectivity index (χ0v) is 11.1. The summed E-state index contributed by atoms with van der Waals surface area (Å²) in [7, 11) is 1.97. The molecule has 19 heavy (non-hydrogen) atoms. The van der Waals surface area contributed by atoms with Crippen molar-refractivity contribution >= 4 is 22.7 Å². The lowest BCUT2D eigenvalue weighted by Crippen LogP contribution is -2.33. The van der Waals surface area contributed by atoms with Gasteiger partial charge in [0.15, 0.2) is 0 Å². The summed E-state index contributed by atoms with van der Waals surface area (Å²) >= 11 is 0. The largest absolute Gasteiger partial charge is 0.355 e. The van der Waals surface area contributed by atoms with Crippen LogP contribution in [-0.4, -0.2) is 29.5 Å². The van der Waals surface area contributed by atoms with Gasteiger partial charge in [0, 0.05) is 49.7 Å². The SMILES string of the molecule is CC(=O)NCCNC(=O)c1ccc2c(ccn2C)c1. The molecule has 0 atom stereocenters. The fourth-order valence-electron chi connectivity index (χ4n) is 1.94. The summed E-state index contributed by atoms with van der Waals surface area (Å²) in [5.41, 5.74) is 1.72. The van der Waals surface area contributed by atoms with Crippen LogP contribution in [0.4, 0.5) is 0 Å². The highest BCUT2D eigenvalue weighted by Crippen LogP contribution is 2.16. The number of aryl methyl sites for hydroxylation is 1. The van der Waals surface area contributed by atoms with Gasteiger partial charge in [-0.15, -0.1) is 0 Å². The molecule has 0 radical (unpaired) electrons. The number of amides is 2. The number of aromatic nitrogens is 1. The van der Waals surface area contributed by atoms with Crippen molar-refractivity contribution in [2.24, 2.45) is 7.05 Å². The van der Waals surface area contributed by atoms with Gasteiger partial charge in [-0.2, -0.15) is 0 Å². The van der Waals surface area contributed by atoms with Crippen LogP contribution < -0.4 is 10.6 Å². The van der Waals surface area contributed by atoms with Gasteiger partial charge in [-0.3, -0.25) is 9.59 Å². The van der Waals surface area contributed by atoms with Gasteiger partial charge in [0.2, 0.25) is 5.91 Å². The Hall–Kier alpha value is -2.30. The molecule has 0 unspecified atom stereocenters. The van der Waals surface area contributed by atoms with Crippen LogP contribution in [0.5, 0.6) is 0 Å². The average Bonchev–Trinajstić information content (AvgIpc) is 2.75. The van der Waals surface area contributed by atoms with E-state index in [0.717, 1.165) is 10.9 Å². The molecular formula is C14H17N3O2. The van der Waals surface area contributed by atoms with E-state index >= 15 is 0 Å². The Labute approximate surface area is 111 Å². The standard InChI is InChI=1S/C14H17N3O2/c1-10(18)15-6-7-16-14(19)12-3-4-13-11(9-12)5-8-17(13)2/h3-5,8-9H,6-7H2,1-2H3,(H,15,18)(H,16,19). The second-order valence-electron chi connectivity index (χ2n) is 4.44. The molecule has 5 nitrogen and oxygen atoms in total. The third-order valence-corrected chi connectivity index (χ3v) is 2.93. The minimum atomic E-state index is -0.129. The molecule has 1 aromatic heterocycles. The quantitative estimate of drug-likeness (QED) is 0.806. The molecule has 1 aromatic carbocycles. The van der Waals surface area contributed by atoms with E-state index in [-0.39, 0.29) is 11.8 Å². The van der Waals surface area contributed by atoms with E-state index in [0.29, 0.717) is 18.7 Å². The zero-order valence-electron chi connectivity index (χ0n) is 11.1. The first kappa shape index (κ1) is 13.1. The van der Waals surface area contributed by atoms with Crippen LogP contribution in [0, 0.1) is 0 Å². The van der Waals surface area contributed by atoms with Crippen LogP contribution in [0.2, 0.25) is 0 Å². The van der Waals surface area contributed by atoms with Gasteiger partial charge < -0.3 is 15.2 Å². The molecule has 0 saturated heterocycles. The lowest BCUT2D eigenvalue weighted by molar-refractivity contribution is -0.118. The molecule has 0 bridgehead atoms. The third-order valence-electron chi connectivity index (χ3n) is 2.93. The van der Waals surface area contributed by atoms with Crippen molar-refractivity contribution in [3.8, 4) is 0 Å². The lowest BCUT2D eigenvalue weighted by Gasteiger charge is -2.06. The summed E-state index contributed by atoms with van der Waals surface area (Å²) in [4.78, 5) is 22.6. The number of nitrogens with zero attached hydrogens (tertiary/aromatic N) is 1. The maximum atomic E-state index is 11.9. The highest BCUT2D eigenvalue weighted by Gasteiger charge is 2.06. The first-order valence-corrected chi connectivity index (χ1v) is 6.15. The minimum absolute atomic E-state index is 0.0973. The first-order chi connectivity index (χ1) is 9.08. The Morgan fingerprint density at radius 2 is 1.89 bits per heavy atom. The lowest BCUT2D eigenvalue weighted by atomic mass is 10.1. The molecule has 2 rings (SSSR count). The molecule has 0 aliphatic heterocycles. The van der Waals surface area contributed by atoms with Crippen molar-refractivity contribution < 1.29 is 9.59 Å². The summed E-state index contributed by atoms with van der Waals surface area (Å²) in [6, 6.07) is 7.57. The van der Waals surface area contributed by atoms with E-state index in [1.165, 1.54) is 6.92 Å². The van der Waals surface area contributed by atoms with Gasteiger partial charge in [0.1, 0.15) is 0 Å². The predicted molar refractivity (Wildman–Crippen MR) is 73.9 cm³/mol. The fourth-order valence-corrected chi connectivity index (χ4v) is 1.94. The number of carbonyl (C=O) groups is 2. The van der Waals surface area contributed by atoms with Gasteiger partial charge in [0.05, 0.1) is 0 Å². The normalized spacial score (nSPS) is 10.4. The number of carbonyl (C=O) groups excluding carboxylic acids is 2. The summed E-state index contributed by atoms with van der Waals surface area (Å²) in [6.45, 7) is 2.31. The second kappa shape index (κ2) is 5.56. The van der Waals surface area contributed by atoms with E-state index < -0.39 is 0 Å². The van der Waals surface area contributed by atoms with E-state index in [1.807, 2.05) is 36.0 Å². The monoisotopic (exact) mass is 259 g/mol. The Balaban J connectivity index is 1.99. The number of hydrogen-bond acceptors (Lipinski definition) is 2. The fraction of sp³-hybridized carbons (Fsp3) is 0.286. The highest BCUT2D eigenvalue weighted by molar-refractivity contribution is 5.98. The van der Waals surface area contributed by atoms with Crippen LogP contribution >= 0.6 is 0 Å². The van der Waals surface area contributed by atoms with Gasteiger partial charge in [-0.25, -0.2) is 0 Å². The molecule has 2 N–H and O–H groups in total. The summed E-state index contributed by atoms with van der Waals surface area (Å²) in [5.74, 6) is -0.226. The topological polar surface area (TPSA) is 63.1 Å². The molecule has 0 aliphatic rings. The Morgan fingerprint density at radius 1 is 1.16 bits per heavy atom. The maximum Gasteiger partial charge on any atom is 0.251 e. The number of fused-ring (bicyclic) bond motifs is 1. The van der Waals surface area contributed by atoms with Gasteiger partial charge in [-0.05, 0) is 24.3 Å². The van der Waals surface area contributed by atoms with Crippen LogP contribution in [0.25, 0.3) is 10.9 Å². The van der Waals surface area contributed by atoms with E-state index in [2.05, 4.69) is 10.6 Å². The molecule has 0 aliphatic carbocycles. The summed E-state index contributed by atoms with van der Waals surface area (Å²) < 4.78 is 2.01. The van der Waals surface area contributed by atoms with Crippen LogP contribution in [-0.2, 0) is 11.8 Å². The Morgan fingerprint density at radius 3 is 2.63 bits per heavy atom.